The number of hydrogen-bond acceptors (Lipinski definition) is 6. The SMILES string of the molecule is CCN1CCN(CC#CCOC2CCN(c3nc(C)cc(C)n3)CC2)CC1. The highest BCUT2D eigenvalue weighted by Gasteiger charge is 2.21. The van der Waals surface area contributed by atoms with E-state index in [-0.39, 0.29) is 0 Å². The number of piperazine rings is 1. The smallest absolute Gasteiger partial charge is 0.225 e. The molecule has 0 aliphatic carbocycles. The maximum Gasteiger partial charge on any atom is 0.225 e. The molecule has 0 bridgehead atoms. The Labute approximate surface area is 163 Å². The van der Waals surface area contributed by atoms with Gasteiger partial charge in [-0.15, -0.1) is 0 Å². The molecule has 0 N–H and O–H groups in total. The fraction of sp³-hybridized carbons (Fsp3) is 0.714. The van der Waals surface area contributed by atoms with Gasteiger partial charge in [-0.3, -0.25) is 4.90 Å². The molecule has 1 aromatic rings. The molecule has 3 rings (SSSR count). The summed E-state index contributed by atoms with van der Waals surface area (Å²) < 4.78 is 5.97. The Morgan fingerprint density at radius 2 is 1.59 bits per heavy atom. The number of likely N-dealkylation sites (N-methyl/N-ethyl adjacent to an activating group) is 1. The van der Waals surface area contributed by atoms with E-state index in [9.17, 15) is 0 Å². The fourth-order valence-corrected chi connectivity index (χ4v) is 3.71. The van der Waals surface area contributed by atoms with Gasteiger partial charge in [0, 0.05) is 50.7 Å². The fourth-order valence-electron chi connectivity index (χ4n) is 3.71. The molecular formula is C21H33N5O. The quantitative estimate of drug-likeness (QED) is 0.735. The minimum atomic E-state index is 0.301. The van der Waals surface area contributed by atoms with Crippen molar-refractivity contribution in [1.29, 1.82) is 0 Å². The highest BCUT2D eigenvalue weighted by Crippen LogP contribution is 2.18. The van der Waals surface area contributed by atoms with Gasteiger partial charge in [-0.25, -0.2) is 9.97 Å². The van der Waals surface area contributed by atoms with Gasteiger partial charge in [0.25, 0.3) is 0 Å². The van der Waals surface area contributed by atoms with Gasteiger partial charge in [0.2, 0.25) is 5.95 Å². The minimum Gasteiger partial charge on any atom is -0.365 e. The van der Waals surface area contributed by atoms with Gasteiger partial charge in [0.05, 0.1) is 12.6 Å². The first-order valence-electron chi connectivity index (χ1n) is 10.2. The van der Waals surface area contributed by atoms with E-state index >= 15 is 0 Å². The van der Waals surface area contributed by atoms with Crippen LogP contribution in [0, 0.1) is 25.7 Å². The summed E-state index contributed by atoms with van der Waals surface area (Å²) >= 11 is 0. The molecule has 0 saturated carbocycles. The van der Waals surface area contributed by atoms with Crippen LogP contribution in [0.3, 0.4) is 0 Å². The summed E-state index contributed by atoms with van der Waals surface area (Å²) in [4.78, 5) is 16.3. The standard InChI is InChI=1S/C21H33N5O/c1-4-24-12-14-25(15-13-24)9-5-6-16-27-20-7-10-26(11-8-20)21-22-18(2)17-19(3)23-21/h17,20H,4,7-16H2,1-3H3. The van der Waals surface area contributed by atoms with Gasteiger partial charge in [0.1, 0.15) is 6.61 Å². The molecule has 2 aliphatic heterocycles. The van der Waals surface area contributed by atoms with Crippen molar-refractivity contribution in [2.75, 3.05) is 63.9 Å². The third-order valence-corrected chi connectivity index (χ3v) is 5.43. The van der Waals surface area contributed by atoms with E-state index in [1.807, 2.05) is 19.9 Å². The Bertz CT molecular complexity index is 632. The van der Waals surface area contributed by atoms with Crippen molar-refractivity contribution < 1.29 is 4.74 Å². The highest BCUT2D eigenvalue weighted by molar-refractivity contribution is 5.32. The maximum absolute atomic E-state index is 5.97. The first-order chi connectivity index (χ1) is 13.1. The molecule has 0 amide bonds. The van der Waals surface area contributed by atoms with Crippen LogP contribution in [0.1, 0.15) is 31.2 Å². The lowest BCUT2D eigenvalue weighted by atomic mass is 10.1. The number of anilines is 1. The molecule has 3 heterocycles. The lowest BCUT2D eigenvalue weighted by Gasteiger charge is -2.32. The average molecular weight is 372 g/mol. The summed E-state index contributed by atoms with van der Waals surface area (Å²) in [5.74, 6) is 7.33. The Morgan fingerprint density at radius 3 is 2.22 bits per heavy atom. The number of aryl methyl sites for hydroxylation is 2. The minimum absolute atomic E-state index is 0.301. The first-order valence-corrected chi connectivity index (χ1v) is 10.2. The summed E-state index contributed by atoms with van der Waals surface area (Å²) in [5.41, 5.74) is 2.06. The summed E-state index contributed by atoms with van der Waals surface area (Å²) in [6, 6.07) is 2.02. The van der Waals surface area contributed by atoms with E-state index in [0.717, 1.165) is 82.5 Å². The predicted molar refractivity (Wildman–Crippen MR) is 109 cm³/mol. The molecule has 0 unspecified atom stereocenters. The van der Waals surface area contributed by atoms with Crippen molar-refractivity contribution in [3.05, 3.63) is 17.5 Å². The summed E-state index contributed by atoms with van der Waals surface area (Å²) in [6.45, 7) is 15.3. The zero-order valence-corrected chi connectivity index (χ0v) is 17.1. The lowest BCUT2D eigenvalue weighted by Crippen LogP contribution is -2.46. The van der Waals surface area contributed by atoms with Gasteiger partial charge in [-0.05, 0) is 39.3 Å². The number of hydrogen-bond donors (Lipinski definition) is 0. The van der Waals surface area contributed by atoms with Gasteiger partial charge in [-0.2, -0.15) is 0 Å². The largest absolute Gasteiger partial charge is 0.365 e. The molecule has 0 aromatic carbocycles. The van der Waals surface area contributed by atoms with Gasteiger partial charge >= 0.3 is 0 Å². The molecule has 0 spiro atoms. The predicted octanol–water partition coefficient (Wildman–Crippen LogP) is 1.72. The molecule has 0 radical (unpaired) electrons. The van der Waals surface area contributed by atoms with E-state index in [4.69, 9.17) is 4.74 Å². The summed E-state index contributed by atoms with van der Waals surface area (Å²) in [7, 11) is 0. The van der Waals surface area contributed by atoms with Gasteiger partial charge < -0.3 is 14.5 Å². The second-order valence-corrected chi connectivity index (χ2v) is 7.51. The zero-order valence-electron chi connectivity index (χ0n) is 17.1. The van der Waals surface area contributed by atoms with Crippen LogP contribution >= 0.6 is 0 Å². The van der Waals surface area contributed by atoms with Crippen molar-refractivity contribution >= 4 is 5.95 Å². The van der Waals surface area contributed by atoms with Crippen LogP contribution in [-0.4, -0.2) is 84.8 Å². The van der Waals surface area contributed by atoms with Crippen molar-refractivity contribution in [3.8, 4) is 11.8 Å². The highest BCUT2D eigenvalue weighted by atomic mass is 16.5. The zero-order chi connectivity index (χ0) is 19.1. The van der Waals surface area contributed by atoms with Crippen molar-refractivity contribution in [2.24, 2.45) is 0 Å². The molecule has 2 saturated heterocycles. The number of nitrogens with zero attached hydrogens (tertiary/aromatic N) is 5. The number of rotatable bonds is 5. The van der Waals surface area contributed by atoms with Crippen molar-refractivity contribution in [2.45, 2.75) is 39.7 Å². The van der Waals surface area contributed by atoms with Gasteiger partial charge in [0.15, 0.2) is 0 Å². The molecule has 6 heteroatoms. The molecule has 148 valence electrons. The topological polar surface area (TPSA) is 44.7 Å². The molecule has 1 aromatic heterocycles. The van der Waals surface area contributed by atoms with E-state index in [1.54, 1.807) is 0 Å². The van der Waals surface area contributed by atoms with E-state index in [0.29, 0.717) is 12.7 Å². The second kappa shape index (κ2) is 10.0. The number of piperidine rings is 1. The summed E-state index contributed by atoms with van der Waals surface area (Å²) in [5, 5.41) is 0. The van der Waals surface area contributed by atoms with Crippen LogP contribution in [0.2, 0.25) is 0 Å². The normalized spacial score (nSPS) is 19.7. The lowest BCUT2D eigenvalue weighted by molar-refractivity contribution is 0.0592. The molecule has 2 aliphatic rings. The Balaban J connectivity index is 1.33. The second-order valence-electron chi connectivity index (χ2n) is 7.51. The maximum atomic E-state index is 5.97. The molecule has 0 atom stereocenters. The van der Waals surface area contributed by atoms with Crippen LogP contribution in [0.15, 0.2) is 6.07 Å². The summed E-state index contributed by atoms with van der Waals surface area (Å²) in [6.07, 6.45) is 2.32. The third-order valence-electron chi connectivity index (χ3n) is 5.43. The first kappa shape index (κ1) is 20.1. The molecular weight excluding hydrogens is 338 g/mol. The van der Waals surface area contributed by atoms with Crippen molar-refractivity contribution in [1.82, 2.24) is 19.8 Å². The third kappa shape index (κ3) is 6.17. The van der Waals surface area contributed by atoms with E-state index < -0.39 is 0 Å². The van der Waals surface area contributed by atoms with Crippen molar-refractivity contribution in [3.63, 3.8) is 0 Å². The van der Waals surface area contributed by atoms with Crippen LogP contribution in [0.4, 0.5) is 5.95 Å². The monoisotopic (exact) mass is 371 g/mol. The molecule has 27 heavy (non-hydrogen) atoms. The van der Waals surface area contributed by atoms with Crippen LogP contribution in [-0.2, 0) is 4.74 Å². The number of ether oxygens (including phenoxy) is 1. The number of aromatic nitrogens is 2. The Morgan fingerprint density at radius 1 is 0.963 bits per heavy atom. The van der Waals surface area contributed by atoms with Crippen LogP contribution < -0.4 is 4.90 Å². The van der Waals surface area contributed by atoms with Crippen LogP contribution in [0.5, 0.6) is 0 Å². The van der Waals surface area contributed by atoms with Gasteiger partial charge in [-0.1, -0.05) is 18.8 Å². The molecule has 2 fully saturated rings. The average Bonchev–Trinajstić information content (AvgIpc) is 2.68. The Hall–Kier alpha value is -1.68. The Kier molecular flexibility index (Phi) is 7.45. The van der Waals surface area contributed by atoms with E-state index in [1.165, 1.54) is 0 Å². The van der Waals surface area contributed by atoms with E-state index in [2.05, 4.69) is 43.4 Å². The van der Waals surface area contributed by atoms with Crippen LogP contribution in [0.25, 0.3) is 0 Å². The molecule has 6 nitrogen and oxygen atoms in total.